The van der Waals surface area contributed by atoms with E-state index in [1.807, 2.05) is 0 Å². The van der Waals surface area contributed by atoms with Crippen LogP contribution in [-0.2, 0) is 6.42 Å². The highest BCUT2D eigenvalue weighted by Gasteiger charge is 2.03. The molecule has 0 aliphatic carbocycles. The lowest BCUT2D eigenvalue weighted by atomic mass is 10.2. The Labute approximate surface area is 113 Å². The van der Waals surface area contributed by atoms with Crippen molar-refractivity contribution in [3.8, 4) is 11.3 Å². The van der Waals surface area contributed by atoms with Crippen molar-refractivity contribution in [3.05, 3.63) is 38.2 Å². The van der Waals surface area contributed by atoms with Crippen molar-refractivity contribution in [2.45, 2.75) is 12.8 Å². The third-order valence-electron chi connectivity index (χ3n) is 2.29. The summed E-state index contributed by atoms with van der Waals surface area (Å²) < 4.78 is 1.25. The first-order valence-electron chi connectivity index (χ1n) is 5.20. The van der Waals surface area contributed by atoms with Crippen LogP contribution in [-0.4, -0.2) is 11.5 Å². The van der Waals surface area contributed by atoms with Crippen molar-refractivity contribution < 1.29 is 0 Å². The first kappa shape index (κ1) is 12.0. The normalized spacial score (nSPS) is 10.6. The van der Waals surface area contributed by atoms with E-state index >= 15 is 0 Å². The van der Waals surface area contributed by atoms with Crippen molar-refractivity contribution in [2.24, 2.45) is 5.73 Å². The van der Waals surface area contributed by atoms with Gasteiger partial charge in [-0.1, -0.05) is 12.1 Å². The summed E-state index contributed by atoms with van der Waals surface area (Å²) in [6.07, 6.45) is 2.01. The zero-order chi connectivity index (χ0) is 11.4. The predicted octanol–water partition coefficient (Wildman–Crippen LogP) is 3.31. The summed E-state index contributed by atoms with van der Waals surface area (Å²) in [6, 6.07) is 8.44. The molecule has 2 N–H and O–H groups in total. The zero-order valence-electron chi connectivity index (χ0n) is 8.82. The predicted molar refractivity (Wildman–Crippen MR) is 77.6 cm³/mol. The van der Waals surface area contributed by atoms with Crippen LogP contribution in [0.3, 0.4) is 0 Å². The standard InChI is InChI=1S/C12H13IN2S/c13-10-5-3-9(4-6-10)11-8-16-12(15-11)2-1-7-14/h3-6,8H,1-2,7,14H2. The second-order valence-corrected chi connectivity index (χ2v) is 5.71. The first-order chi connectivity index (χ1) is 7.79. The molecule has 0 spiro atoms. The molecule has 2 rings (SSSR count). The molecule has 1 heterocycles. The van der Waals surface area contributed by atoms with Crippen LogP contribution in [0.15, 0.2) is 29.6 Å². The molecule has 16 heavy (non-hydrogen) atoms. The zero-order valence-corrected chi connectivity index (χ0v) is 11.8. The van der Waals surface area contributed by atoms with E-state index in [9.17, 15) is 0 Å². The molecule has 4 heteroatoms. The molecule has 2 aromatic rings. The Morgan fingerprint density at radius 1 is 1.25 bits per heavy atom. The molecule has 0 radical (unpaired) electrons. The maximum absolute atomic E-state index is 5.49. The highest BCUT2D eigenvalue weighted by Crippen LogP contribution is 2.23. The van der Waals surface area contributed by atoms with Crippen LogP contribution in [0, 0.1) is 3.57 Å². The highest BCUT2D eigenvalue weighted by atomic mass is 127. The molecule has 1 aromatic carbocycles. The number of aryl methyl sites for hydroxylation is 1. The fourth-order valence-corrected chi connectivity index (χ4v) is 2.64. The molecule has 0 saturated heterocycles. The highest BCUT2D eigenvalue weighted by molar-refractivity contribution is 14.1. The van der Waals surface area contributed by atoms with E-state index in [4.69, 9.17) is 5.73 Å². The summed E-state index contributed by atoms with van der Waals surface area (Å²) in [5, 5.41) is 3.30. The number of thiazole rings is 1. The number of halogens is 1. The van der Waals surface area contributed by atoms with Crippen LogP contribution in [0.1, 0.15) is 11.4 Å². The van der Waals surface area contributed by atoms with Gasteiger partial charge in [-0.3, -0.25) is 0 Å². The van der Waals surface area contributed by atoms with Gasteiger partial charge in [0.05, 0.1) is 10.7 Å². The van der Waals surface area contributed by atoms with Crippen LogP contribution >= 0.6 is 33.9 Å². The second kappa shape index (κ2) is 5.75. The van der Waals surface area contributed by atoms with Gasteiger partial charge < -0.3 is 5.73 Å². The monoisotopic (exact) mass is 344 g/mol. The molecule has 0 unspecified atom stereocenters. The number of nitrogens with zero attached hydrogens (tertiary/aromatic N) is 1. The summed E-state index contributed by atoms with van der Waals surface area (Å²) in [5.74, 6) is 0. The largest absolute Gasteiger partial charge is 0.330 e. The lowest BCUT2D eigenvalue weighted by molar-refractivity contribution is 0.827. The summed E-state index contributed by atoms with van der Waals surface area (Å²) in [5.41, 5.74) is 7.75. The topological polar surface area (TPSA) is 38.9 Å². The van der Waals surface area contributed by atoms with Gasteiger partial charge >= 0.3 is 0 Å². The van der Waals surface area contributed by atoms with E-state index in [-0.39, 0.29) is 0 Å². The Balaban J connectivity index is 2.15. The SMILES string of the molecule is NCCCc1nc(-c2ccc(I)cc2)cs1. The molecule has 0 amide bonds. The van der Waals surface area contributed by atoms with E-state index in [0.717, 1.165) is 25.1 Å². The van der Waals surface area contributed by atoms with Gasteiger partial charge in [-0.2, -0.15) is 0 Å². The van der Waals surface area contributed by atoms with Crippen LogP contribution in [0.2, 0.25) is 0 Å². The van der Waals surface area contributed by atoms with E-state index in [2.05, 4.69) is 57.2 Å². The lowest BCUT2D eigenvalue weighted by Crippen LogP contribution is -1.99. The molecular weight excluding hydrogens is 331 g/mol. The Morgan fingerprint density at radius 3 is 2.69 bits per heavy atom. The molecule has 0 bridgehead atoms. The minimum absolute atomic E-state index is 0.735. The van der Waals surface area contributed by atoms with Gasteiger partial charge in [-0.15, -0.1) is 11.3 Å². The van der Waals surface area contributed by atoms with E-state index in [0.29, 0.717) is 0 Å². The molecule has 0 saturated carbocycles. The molecule has 0 atom stereocenters. The lowest BCUT2D eigenvalue weighted by Gasteiger charge is -1.96. The number of benzene rings is 1. The molecule has 84 valence electrons. The number of rotatable bonds is 4. The third-order valence-corrected chi connectivity index (χ3v) is 3.91. The Bertz CT molecular complexity index is 450. The molecule has 0 fully saturated rings. The van der Waals surface area contributed by atoms with Crippen molar-refractivity contribution in [2.75, 3.05) is 6.54 Å². The van der Waals surface area contributed by atoms with Crippen molar-refractivity contribution in [1.29, 1.82) is 0 Å². The third kappa shape index (κ3) is 3.02. The van der Waals surface area contributed by atoms with E-state index in [1.165, 1.54) is 14.1 Å². The minimum Gasteiger partial charge on any atom is -0.330 e. The number of aromatic nitrogens is 1. The van der Waals surface area contributed by atoms with Crippen LogP contribution in [0.5, 0.6) is 0 Å². The Morgan fingerprint density at radius 2 is 2.00 bits per heavy atom. The second-order valence-electron chi connectivity index (χ2n) is 3.53. The van der Waals surface area contributed by atoms with Crippen molar-refractivity contribution >= 4 is 33.9 Å². The number of hydrogen-bond acceptors (Lipinski definition) is 3. The Hall–Kier alpha value is -0.460. The number of nitrogens with two attached hydrogens (primary N) is 1. The van der Waals surface area contributed by atoms with Crippen LogP contribution < -0.4 is 5.73 Å². The van der Waals surface area contributed by atoms with E-state index in [1.54, 1.807) is 11.3 Å². The summed E-state index contributed by atoms with van der Waals surface area (Å²) in [4.78, 5) is 4.61. The van der Waals surface area contributed by atoms with Crippen molar-refractivity contribution in [1.82, 2.24) is 4.98 Å². The fraction of sp³-hybridized carbons (Fsp3) is 0.250. The van der Waals surface area contributed by atoms with Crippen molar-refractivity contribution in [3.63, 3.8) is 0 Å². The fourth-order valence-electron chi connectivity index (χ4n) is 1.43. The first-order valence-corrected chi connectivity index (χ1v) is 7.16. The van der Waals surface area contributed by atoms with Gasteiger partial charge in [-0.25, -0.2) is 4.98 Å². The minimum atomic E-state index is 0.735. The maximum Gasteiger partial charge on any atom is 0.0933 e. The van der Waals surface area contributed by atoms with Gasteiger partial charge in [0.15, 0.2) is 0 Å². The summed E-state index contributed by atoms with van der Waals surface area (Å²) in [7, 11) is 0. The average molecular weight is 344 g/mol. The Kier molecular flexibility index (Phi) is 4.31. The molecule has 0 aliphatic rings. The summed E-state index contributed by atoms with van der Waals surface area (Å²) >= 11 is 4.03. The van der Waals surface area contributed by atoms with Crippen LogP contribution in [0.4, 0.5) is 0 Å². The maximum atomic E-state index is 5.49. The summed E-state index contributed by atoms with van der Waals surface area (Å²) in [6.45, 7) is 0.735. The van der Waals surface area contributed by atoms with Gasteiger partial charge in [0.1, 0.15) is 0 Å². The van der Waals surface area contributed by atoms with Gasteiger partial charge in [-0.05, 0) is 47.7 Å². The average Bonchev–Trinajstić information content (AvgIpc) is 2.76. The van der Waals surface area contributed by atoms with Gasteiger partial charge in [0.25, 0.3) is 0 Å². The smallest absolute Gasteiger partial charge is 0.0933 e. The quantitative estimate of drug-likeness (QED) is 0.865. The molecule has 2 nitrogen and oxygen atoms in total. The van der Waals surface area contributed by atoms with Gasteiger partial charge in [0, 0.05) is 20.9 Å². The van der Waals surface area contributed by atoms with E-state index < -0.39 is 0 Å². The van der Waals surface area contributed by atoms with Gasteiger partial charge in [0.2, 0.25) is 0 Å². The number of hydrogen-bond donors (Lipinski definition) is 1. The molecular formula is C12H13IN2S. The molecule has 1 aromatic heterocycles. The molecule has 0 aliphatic heterocycles. The van der Waals surface area contributed by atoms with Crippen LogP contribution in [0.25, 0.3) is 11.3 Å².